The molecule has 0 saturated carbocycles. The Hall–Kier alpha value is -1.13. The number of hydrogen-bond donors (Lipinski definition) is 1. The first-order chi connectivity index (χ1) is 7.31. The van der Waals surface area contributed by atoms with Gasteiger partial charge in [-0.05, 0) is 25.4 Å². The molecule has 0 aliphatic carbocycles. The van der Waals surface area contributed by atoms with Gasteiger partial charge in [-0.3, -0.25) is 0 Å². The Morgan fingerprint density at radius 2 is 2.40 bits per heavy atom. The van der Waals surface area contributed by atoms with Gasteiger partial charge >= 0.3 is 0 Å². The summed E-state index contributed by atoms with van der Waals surface area (Å²) in [5.41, 5.74) is 1.24. The van der Waals surface area contributed by atoms with Crippen LogP contribution in [0.4, 0.5) is 0 Å². The minimum atomic E-state index is 0.867. The van der Waals surface area contributed by atoms with Crippen molar-refractivity contribution in [1.29, 1.82) is 0 Å². The standard InChI is InChI=1S/C11H15N3S/c1-9-13-7-10(6-12-2)14(9)8-11-4-3-5-15-11/h3-5,7,12H,6,8H2,1-2H3. The molecular weight excluding hydrogens is 206 g/mol. The number of aromatic nitrogens is 2. The SMILES string of the molecule is CNCc1cnc(C)n1Cc1cccs1. The molecule has 4 heteroatoms. The molecule has 0 aliphatic heterocycles. The molecule has 0 amide bonds. The number of imidazole rings is 1. The maximum atomic E-state index is 4.34. The molecule has 2 heterocycles. The van der Waals surface area contributed by atoms with E-state index in [1.165, 1.54) is 10.6 Å². The molecule has 1 N–H and O–H groups in total. The Morgan fingerprint density at radius 3 is 3.07 bits per heavy atom. The largest absolute Gasteiger partial charge is 0.326 e. The van der Waals surface area contributed by atoms with Crippen LogP contribution in [0, 0.1) is 6.92 Å². The van der Waals surface area contributed by atoms with Crippen molar-refractivity contribution in [3.05, 3.63) is 40.1 Å². The van der Waals surface area contributed by atoms with Crippen LogP contribution in [-0.2, 0) is 13.1 Å². The lowest BCUT2D eigenvalue weighted by atomic mass is 10.4. The first-order valence-corrected chi connectivity index (χ1v) is 5.87. The second-order valence-corrected chi connectivity index (χ2v) is 4.52. The molecule has 0 aliphatic rings. The summed E-state index contributed by atoms with van der Waals surface area (Å²) < 4.78 is 2.25. The summed E-state index contributed by atoms with van der Waals surface area (Å²) in [6.07, 6.45) is 1.94. The summed E-state index contributed by atoms with van der Waals surface area (Å²) in [4.78, 5) is 5.71. The Balaban J connectivity index is 2.22. The molecule has 2 aromatic rings. The second-order valence-electron chi connectivity index (χ2n) is 3.49. The van der Waals surface area contributed by atoms with Gasteiger partial charge in [0.25, 0.3) is 0 Å². The van der Waals surface area contributed by atoms with Crippen LogP contribution in [0.3, 0.4) is 0 Å². The van der Waals surface area contributed by atoms with Crippen LogP contribution in [-0.4, -0.2) is 16.6 Å². The molecule has 2 aromatic heterocycles. The maximum Gasteiger partial charge on any atom is 0.106 e. The smallest absolute Gasteiger partial charge is 0.106 e. The first-order valence-electron chi connectivity index (χ1n) is 4.99. The van der Waals surface area contributed by atoms with E-state index in [4.69, 9.17) is 0 Å². The van der Waals surface area contributed by atoms with E-state index in [0.29, 0.717) is 0 Å². The predicted octanol–water partition coefficient (Wildman–Crippen LogP) is 2.02. The summed E-state index contributed by atoms with van der Waals surface area (Å²) >= 11 is 1.79. The van der Waals surface area contributed by atoms with E-state index in [1.54, 1.807) is 11.3 Å². The molecule has 2 rings (SSSR count). The van der Waals surface area contributed by atoms with Gasteiger partial charge in [0.2, 0.25) is 0 Å². The van der Waals surface area contributed by atoms with Crippen LogP contribution < -0.4 is 5.32 Å². The number of nitrogens with zero attached hydrogens (tertiary/aromatic N) is 2. The van der Waals surface area contributed by atoms with Gasteiger partial charge in [-0.15, -0.1) is 11.3 Å². The Morgan fingerprint density at radius 1 is 1.53 bits per heavy atom. The average molecular weight is 221 g/mol. The maximum absolute atomic E-state index is 4.34. The normalized spacial score (nSPS) is 10.8. The third-order valence-corrected chi connectivity index (χ3v) is 3.25. The fourth-order valence-electron chi connectivity index (χ4n) is 1.61. The molecule has 80 valence electrons. The van der Waals surface area contributed by atoms with Crippen molar-refractivity contribution in [2.24, 2.45) is 0 Å². The molecule has 0 spiro atoms. The first kappa shape index (κ1) is 10.4. The molecule has 0 unspecified atom stereocenters. The highest BCUT2D eigenvalue weighted by molar-refractivity contribution is 7.09. The van der Waals surface area contributed by atoms with Crippen molar-refractivity contribution in [2.45, 2.75) is 20.0 Å². The van der Waals surface area contributed by atoms with Gasteiger partial charge in [-0.2, -0.15) is 0 Å². The van der Waals surface area contributed by atoms with Crippen LogP contribution in [0.5, 0.6) is 0 Å². The minimum absolute atomic E-state index is 0.867. The molecule has 0 bridgehead atoms. The lowest BCUT2D eigenvalue weighted by Gasteiger charge is -2.08. The van der Waals surface area contributed by atoms with Crippen molar-refractivity contribution < 1.29 is 0 Å². The van der Waals surface area contributed by atoms with Gasteiger partial charge in [0.1, 0.15) is 5.82 Å². The van der Waals surface area contributed by atoms with E-state index < -0.39 is 0 Å². The van der Waals surface area contributed by atoms with Crippen molar-refractivity contribution in [2.75, 3.05) is 7.05 Å². The van der Waals surface area contributed by atoms with Crippen LogP contribution in [0.25, 0.3) is 0 Å². The zero-order chi connectivity index (χ0) is 10.7. The van der Waals surface area contributed by atoms with Crippen LogP contribution in [0.2, 0.25) is 0 Å². The summed E-state index contributed by atoms with van der Waals surface area (Å²) in [6, 6.07) is 4.25. The topological polar surface area (TPSA) is 29.9 Å². The zero-order valence-corrected chi connectivity index (χ0v) is 9.84. The van der Waals surface area contributed by atoms with Crippen molar-refractivity contribution in [3.8, 4) is 0 Å². The Kier molecular flexibility index (Phi) is 3.18. The number of nitrogens with one attached hydrogen (secondary N) is 1. The molecule has 0 radical (unpaired) electrons. The average Bonchev–Trinajstić information content (AvgIpc) is 2.83. The highest BCUT2D eigenvalue weighted by Crippen LogP contribution is 2.14. The fourth-order valence-corrected chi connectivity index (χ4v) is 2.30. The summed E-state index contributed by atoms with van der Waals surface area (Å²) in [5, 5.41) is 5.27. The van der Waals surface area contributed by atoms with Crippen LogP contribution >= 0.6 is 11.3 Å². The number of aryl methyl sites for hydroxylation is 1. The molecular formula is C11H15N3S. The van der Waals surface area contributed by atoms with E-state index in [0.717, 1.165) is 18.9 Å². The summed E-state index contributed by atoms with van der Waals surface area (Å²) in [5.74, 6) is 1.08. The zero-order valence-electron chi connectivity index (χ0n) is 9.03. The van der Waals surface area contributed by atoms with Crippen molar-refractivity contribution in [3.63, 3.8) is 0 Å². The van der Waals surface area contributed by atoms with Gasteiger partial charge in [-0.1, -0.05) is 6.07 Å². The third-order valence-electron chi connectivity index (χ3n) is 2.39. The highest BCUT2D eigenvalue weighted by Gasteiger charge is 2.06. The monoisotopic (exact) mass is 221 g/mol. The van der Waals surface area contributed by atoms with Crippen LogP contribution in [0.1, 0.15) is 16.4 Å². The summed E-state index contributed by atoms with van der Waals surface area (Å²) in [6.45, 7) is 3.85. The van der Waals surface area contributed by atoms with E-state index in [9.17, 15) is 0 Å². The second kappa shape index (κ2) is 4.59. The number of rotatable bonds is 4. The quantitative estimate of drug-likeness (QED) is 0.856. The van der Waals surface area contributed by atoms with Crippen LogP contribution in [0.15, 0.2) is 23.7 Å². The molecule has 15 heavy (non-hydrogen) atoms. The van der Waals surface area contributed by atoms with Crippen molar-refractivity contribution >= 4 is 11.3 Å². The molecule has 0 saturated heterocycles. The Bertz CT molecular complexity index is 417. The van der Waals surface area contributed by atoms with Gasteiger partial charge in [0.05, 0.1) is 12.2 Å². The Labute approximate surface area is 93.8 Å². The van der Waals surface area contributed by atoms with Gasteiger partial charge in [0, 0.05) is 17.6 Å². The molecule has 3 nitrogen and oxygen atoms in total. The fraction of sp³-hybridized carbons (Fsp3) is 0.364. The predicted molar refractivity (Wildman–Crippen MR) is 63.1 cm³/mol. The van der Waals surface area contributed by atoms with Gasteiger partial charge in [0.15, 0.2) is 0 Å². The van der Waals surface area contributed by atoms with E-state index in [-0.39, 0.29) is 0 Å². The number of thiophene rings is 1. The molecule has 0 atom stereocenters. The molecule has 0 aromatic carbocycles. The lowest BCUT2D eigenvalue weighted by molar-refractivity contribution is 0.681. The lowest BCUT2D eigenvalue weighted by Crippen LogP contribution is -2.12. The highest BCUT2D eigenvalue weighted by atomic mass is 32.1. The molecule has 0 fully saturated rings. The van der Waals surface area contributed by atoms with E-state index in [2.05, 4.69) is 32.4 Å². The minimum Gasteiger partial charge on any atom is -0.326 e. The van der Waals surface area contributed by atoms with Gasteiger partial charge < -0.3 is 9.88 Å². The van der Waals surface area contributed by atoms with Crippen molar-refractivity contribution in [1.82, 2.24) is 14.9 Å². The number of hydrogen-bond acceptors (Lipinski definition) is 3. The summed E-state index contributed by atoms with van der Waals surface area (Å²) in [7, 11) is 1.96. The van der Waals surface area contributed by atoms with E-state index in [1.807, 2.05) is 20.2 Å². The van der Waals surface area contributed by atoms with E-state index >= 15 is 0 Å². The van der Waals surface area contributed by atoms with Gasteiger partial charge in [-0.25, -0.2) is 4.98 Å². The third kappa shape index (κ3) is 2.27.